The van der Waals surface area contributed by atoms with E-state index < -0.39 is 24.1 Å². The summed E-state index contributed by atoms with van der Waals surface area (Å²) in [5.74, 6) is -1.26. The van der Waals surface area contributed by atoms with Crippen molar-refractivity contribution in [2.75, 3.05) is 6.61 Å². The van der Waals surface area contributed by atoms with Crippen LogP contribution in [0.3, 0.4) is 0 Å². The summed E-state index contributed by atoms with van der Waals surface area (Å²) in [5.41, 5.74) is 3.56. The summed E-state index contributed by atoms with van der Waals surface area (Å²) in [6.07, 6.45) is 1.33. The maximum Gasteiger partial charge on any atom is 0.343 e. The first-order chi connectivity index (χ1) is 17.2. The number of aliphatic hydroxyl groups excluding tert-OH is 1. The van der Waals surface area contributed by atoms with E-state index in [2.05, 4.69) is 5.32 Å². The van der Waals surface area contributed by atoms with E-state index in [0.29, 0.717) is 34.8 Å². The summed E-state index contributed by atoms with van der Waals surface area (Å²) in [5, 5.41) is 24.9. The van der Waals surface area contributed by atoms with Crippen molar-refractivity contribution in [2.24, 2.45) is 0 Å². The summed E-state index contributed by atoms with van der Waals surface area (Å²) >= 11 is 6.55. The minimum absolute atomic E-state index is 0.0541. The van der Waals surface area contributed by atoms with E-state index in [0.717, 1.165) is 27.6 Å². The smallest absolute Gasteiger partial charge is 0.343 e. The number of hydrogen-bond donors (Lipinski definition) is 3. The van der Waals surface area contributed by atoms with Crippen LogP contribution in [0.25, 0.3) is 22.3 Å². The van der Waals surface area contributed by atoms with Crippen LogP contribution < -0.4 is 10.9 Å². The first-order valence-corrected chi connectivity index (χ1v) is 12.3. The Bertz CT molecular complexity index is 1580. The number of cyclic esters (lactones) is 1. The fourth-order valence-electron chi connectivity index (χ4n) is 5.94. The summed E-state index contributed by atoms with van der Waals surface area (Å²) in [6.45, 7) is 3.00. The number of esters is 1. The number of hydrogen-bond acceptors (Lipinski definition) is 7. The molecule has 1 aromatic carbocycles. The van der Waals surface area contributed by atoms with Gasteiger partial charge in [-0.3, -0.25) is 9.59 Å². The third-order valence-corrected chi connectivity index (χ3v) is 8.25. The maximum atomic E-state index is 13.6. The molecule has 0 radical (unpaired) electrons. The van der Waals surface area contributed by atoms with E-state index in [4.69, 9.17) is 21.3 Å². The summed E-state index contributed by atoms with van der Waals surface area (Å²) in [4.78, 5) is 43.1. The number of nitrogens with one attached hydrogen (secondary N) is 1. The van der Waals surface area contributed by atoms with Crippen LogP contribution in [0, 0.1) is 6.92 Å². The Morgan fingerprint density at radius 1 is 1.31 bits per heavy atom. The van der Waals surface area contributed by atoms with Crippen molar-refractivity contribution in [3.05, 3.63) is 60.9 Å². The van der Waals surface area contributed by atoms with Crippen LogP contribution in [0.4, 0.5) is 0 Å². The number of carbonyl (C=O) groups is 2. The highest BCUT2D eigenvalue weighted by Gasteiger charge is 2.46. The molecule has 0 saturated heterocycles. The van der Waals surface area contributed by atoms with Gasteiger partial charge in [0.1, 0.15) is 13.2 Å². The average molecular weight is 510 g/mol. The van der Waals surface area contributed by atoms with E-state index in [1.165, 1.54) is 0 Å². The largest absolute Gasteiger partial charge is 0.458 e. The molecule has 9 nitrogen and oxygen atoms in total. The topological polar surface area (TPSA) is 131 Å². The van der Waals surface area contributed by atoms with E-state index in [-0.39, 0.29) is 42.3 Å². The van der Waals surface area contributed by atoms with Crippen LogP contribution in [-0.4, -0.2) is 38.2 Å². The van der Waals surface area contributed by atoms with Crippen molar-refractivity contribution >= 4 is 34.4 Å². The van der Waals surface area contributed by atoms with Gasteiger partial charge in [-0.05, 0) is 55.0 Å². The Hall–Kier alpha value is -3.27. The minimum Gasteiger partial charge on any atom is -0.458 e. The molecule has 10 heteroatoms. The average Bonchev–Trinajstić information content (AvgIpc) is 3.24. The van der Waals surface area contributed by atoms with Crippen molar-refractivity contribution in [3.8, 4) is 11.4 Å². The monoisotopic (exact) mass is 509 g/mol. The molecule has 2 aliphatic heterocycles. The lowest BCUT2D eigenvalue weighted by atomic mass is 9.81. The van der Waals surface area contributed by atoms with Gasteiger partial charge in [0.25, 0.3) is 5.56 Å². The highest BCUT2D eigenvalue weighted by molar-refractivity contribution is 6.32. The lowest BCUT2D eigenvalue weighted by molar-refractivity contribution is -0.172. The number of aliphatic hydroxyl groups is 2. The molecule has 2 atom stereocenters. The second kappa shape index (κ2) is 7.86. The summed E-state index contributed by atoms with van der Waals surface area (Å²) < 4.78 is 6.74. The predicted octanol–water partition coefficient (Wildman–Crippen LogP) is 2.14. The number of amides is 1. The number of carbonyl (C=O) groups excluding carboxylic acids is 2. The van der Waals surface area contributed by atoms with Gasteiger partial charge in [-0.15, -0.1) is 0 Å². The van der Waals surface area contributed by atoms with E-state index in [1.807, 2.05) is 6.92 Å². The highest BCUT2D eigenvalue weighted by Crippen LogP contribution is 2.46. The number of fused-ring (bicyclic) bond motifs is 5. The van der Waals surface area contributed by atoms with Crippen molar-refractivity contribution in [1.82, 2.24) is 14.9 Å². The van der Waals surface area contributed by atoms with E-state index in [1.54, 1.807) is 23.6 Å². The molecule has 2 aromatic heterocycles. The summed E-state index contributed by atoms with van der Waals surface area (Å²) in [6, 6.07) is 3.07. The molecule has 1 unspecified atom stereocenters. The van der Waals surface area contributed by atoms with Crippen LogP contribution in [0.2, 0.25) is 5.02 Å². The lowest BCUT2D eigenvalue weighted by Crippen LogP contribution is -2.44. The molecule has 36 heavy (non-hydrogen) atoms. The molecule has 1 aliphatic carbocycles. The molecule has 1 amide bonds. The zero-order chi connectivity index (χ0) is 25.5. The first kappa shape index (κ1) is 23.1. The quantitative estimate of drug-likeness (QED) is 0.361. The molecule has 0 fully saturated rings. The van der Waals surface area contributed by atoms with Gasteiger partial charge in [0.2, 0.25) is 5.91 Å². The number of rotatable bonds is 3. The molecular weight excluding hydrogens is 486 g/mol. The summed E-state index contributed by atoms with van der Waals surface area (Å²) in [7, 11) is 0. The number of benzene rings is 1. The van der Waals surface area contributed by atoms with E-state index >= 15 is 0 Å². The van der Waals surface area contributed by atoms with Gasteiger partial charge in [0, 0.05) is 21.5 Å². The second-order valence-electron chi connectivity index (χ2n) is 9.63. The number of halogens is 1. The SMILES string of the molecule is CC[C@@]1(O)C(=O)OCc2c1cc1n(c2=O)Cc2c-1nc1cc(Cl)c(C)c3c1c2C(NC(=O)CO)CC3. The van der Waals surface area contributed by atoms with Gasteiger partial charge < -0.3 is 24.8 Å². The third-order valence-electron chi connectivity index (χ3n) is 7.86. The molecule has 0 bridgehead atoms. The molecular formula is C26H24ClN3O6. The Morgan fingerprint density at radius 3 is 2.81 bits per heavy atom. The van der Waals surface area contributed by atoms with E-state index in [9.17, 15) is 24.6 Å². The molecule has 6 rings (SSSR count). The van der Waals surface area contributed by atoms with Crippen LogP contribution >= 0.6 is 11.6 Å². The van der Waals surface area contributed by atoms with Gasteiger partial charge in [-0.25, -0.2) is 9.78 Å². The highest BCUT2D eigenvalue weighted by atomic mass is 35.5. The number of aromatic nitrogens is 2. The van der Waals surface area contributed by atoms with Gasteiger partial charge in [0.15, 0.2) is 5.60 Å². The molecule has 186 valence electrons. The van der Waals surface area contributed by atoms with Crippen molar-refractivity contribution < 1.29 is 24.5 Å². The maximum absolute atomic E-state index is 13.6. The van der Waals surface area contributed by atoms with Gasteiger partial charge >= 0.3 is 5.97 Å². The van der Waals surface area contributed by atoms with Crippen molar-refractivity contribution in [3.63, 3.8) is 0 Å². The van der Waals surface area contributed by atoms with Gasteiger partial charge in [-0.1, -0.05) is 18.5 Å². The van der Waals surface area contributed by atoms with Crippen LogP contribution in [0.1, 0.15) is 59.2 Å². The number of nitrogens with zero attached hydrogens (tertiary/aromatic N) is 2. The Labute approximate surface area is 210 Å². The zero-order valence-electron chi connectivity index (χ0n) is 19.8. The standard InChI is InChI=1S/C26H24ClN3O6/c1-3-26(35)15-6-19-23-13(8-30(19)24(33)14(15)10-36-25(26)34)22-17(28-20(32)9-31)5-4-12-11(2)16(27)7-18(29-23)21(12)22/h6-7,17,31,35H,3-5,8-10H2,1-2H3,(H,28,32)/t17?,26-/m0/s1. The third kappa shape index (κ3) is 2.96. The molecule has 3 aromatic rings. The van der Waals surface area contributed by atoms with Crippen molar-refractivity contribution in [2.45, 2.75) is 57.9 Å². The molecule has 3 aliphatic rings. The molecule has 4 heterocycles. The lowest BCUT2D eigenvalue weighted by Gasteiger charge is -2.31. The predicted molar refractivity (Wildman–Crippen MR) is 131 cm³/mol. The minimum atomic E-state index is -1.92. The number of aryl methyl sites for hydroxylation is 1. The van der Waals surface area contributed by atoms with Crippen LogP contribution in [0.5, 0.6) is 0 Å². The zero-order valence-corrected chi connectivity index (χ0v) is 20.5. The Kier molecular flexibility index (Phi) is 5.06. The van der Waals surface area contributed by atoms with Crippen molar-refractivity contribution in [1.29, 1.82) is 0 Å². The van der Waals surface area contributed by atoms with Crippen LogP contribution in [-0.2, 0) is 39.5 Å². The van der Waals surface area contributed by atoms with Gasteiger partial charge in [-0.2, -0.15) is 0 Å². The second-order valence-corrected chi connectivity index (χ2v) is 10.0. The molecule has 3 N–H and O–H groups in total. The number of pyridine rings is 2. The Morgan fingerprint density at radius 2 is 2.08 bits per heavy atom. The fourth-order valence-corrected chi connectivity index (χ4v) is 6.16. The van der Waals surface area contributed by atoms with Crippen LogP contribution in [0.15, 0.2) is 16.9 Å². The molecule has 0 spiro atoms. The van der Waals surface area contributed by atoms with Gasteiger partial charge in [0.05, 0.1) is 35.1 Å². The first-order valence-electron chi connectivity index (χ1n) is 11.9. The Balaban J connectivity index is 1.66. The normalized spacial score (nSPS) is 21.6. The number of ether oxygens (including phenoxy) is 1. The fraction of sp³-hybridized carbons (Fsp3) is 0.385. The molecule has 0 saturated carbocycles.